The van der Waals surface area contributed by atoms with E-state index in [4.69, 9.17) is 4.74 Å². The fourth-order valence-electron chi connectivity index (χ4n) is 5.55. The average Bonchev–Trinajstić information content (AvgIpc) is 2.93. The number of carbonyl (C=O) groups excluding carboxylic acids is 1. The maximum Gasteiger partial charge on any atom is 0.410 e. The molecular formula is C34H49NO2. The van der Waals surface area contributed by atoms with Crippen LogP contribution in [0.15, 0.2) is 54.6 Å². The minimum absolute atomic E-state index is 0.153. The van der Waals surface area contributed by atoms with Crippen molar-refractivity contribution < 1.29 is 9.53 Å². The fourth-order valence-corrected chi connectivity index (χ4v) is 5.55. The Morgan fingerprint density at radius 1 is 0.730 bits per heavy atom. The summed E-state index contributed by atoms with van der Waals surface area (Å²) in [7, 11) is 0. The maximum atomic E-state index is 13.7. The van der Waals surface area contributed by atoms with Gasteiger partial charge in [-0.3, -0.25) is 0 Å². The lowest BCUT2D eigenvalue weighted by Gasteiger charge is -2.30. The molecular weight excluding hydrogens is 454 g/mol. The van der Waals surface area contributed by atoms with Crippen LogP contribution in [0.4, 0.5) is 4.79 Å². The summed E-state index contributed by atoms with van der Waals surface area (Å²) in [5.74, 6) is 1.07. The molecule has 0 heterocycles. The molecule has 0 N–H and O–H groups in total. The van der Waals surface area contributed by atoms with Gasteiger partial charge in [-0.05, 0) is 52.3 Å². The van der Waals surface area contributed by atoms with Crippen molar-refractivity contribution in [3.8, 4) is 0 Å². The van der Waals surface area contributed by atoms with Gasteiger partial charge in [-0.15, -0.1) is 0 Å². The monoisotopic (exact) mass is 503 g/mol. The lowest BCUT2D eigenvalue weighted by Crippen LogP contribution is -2.39. The summed E-state index contributed by atoms with van der Waals surface area (Å²) >= 11 is 0. The van der Waals surface area contributed by atoms with Gasteiger partial charge >= 0.3 is 6.09 Å². The van der Waals surface area contributed by atoms with Crippen LogP contribution in [-0.2, 0) is 11.3 Å². The van der Waals surface area contributed by atoms with Gasteiger partial charge in [0.25, 0.3) is 0 Å². The van der Waals surface area contributed by atoms with Crippen LogP contribution < -0.4 is 0 Å². The number of hydrogen-bond donors (Lipinski definition) is 0. The molecule has 0 aliphatic heterocycles. The normalized spacial score (nSPS) is 13.1. The van der Waals surface area contributed by atoms with Gasteiger partial charge in [0.05, 0.1) is 0 Å². The van der Waals surface area contributed by atoms with E-state index in [9.17, 15) is 4.79 Å². The number of fused-ring (bicyclic) bond motifs is 2. The van der Waals surface area contributed by atoms with Gasteiger partial charge in [0.15, 0.2) is 0 Å². The Labute approximate surface area is 225 Å². The van der Waals surface area contributed by atoms with Gasteiger partial charge in [0, 0.05) is 18.7 Å². The highest BCUT2D eigenvalue weighted by molar-refractivity contribution is 6.02. The number of nitrogens with zero attached hydrogens (tertiary/aromatic N) is 1. The molecule has 0 radical (unpaired) electrons. The fraction of sp³-hybridized carbons (Fsp3) is 0.559. The van der Waals surface area contributed by atoms with Crippen molar-refractivity contribution in [1.29, 1.82) is 0 Å². The van der Waals surface area contributed by atoms with E-state index in [2.05, 4.69) is 82.3 Å². The number of amides is 1. The van der Waals surface area contributed by atoms with Crippen molar-refractivity contribution in [3.05, 3.63) is 60.2 Å². The number of rotatable bonds is 16. The standard InChI is InChI=1S/C34H49NO2/c1-5-9-11-17-27(7-3)24-35(25-28(8-4)18-12-10-6-2)34(36)37-26-33-31-21-15-13-19-29(31)23-30-20-14-16-22-32(30)33/h13-16,19-23,27-28H,5-12,17-18,24-26H2,1-4H3. The van der Waals surface area contributed by atoms with Gasteiger partial charge in [-0.2, -0.15) is 0 Å². The second kappa shape index (κ2) is 15.6. The molecule has 0 fully saturated rings. The lowest BCUT2D eigenvalue weighted by molar-refractivity contribution is 0.0818. The van der Waals surface area contributed by atoms with Crippen molar-refractivity contribution in [3.63, 3.8) is 0 Å². The van der Waals surface area contributed by atoms with Gasteiger partial charge in [-0.1, -0.05) is 128 Å². The van der Waals surface area contributed by atoms with E-state index in [-0.39, 0.29) is 6.09 Å². The summed E-state index contributed by atoms with van der Waals surface area (Å²) in [4.78, 5) is 15.7. The van der Waals surface area contributed by atoms with E-state index in [1.807, 2.05) is 4.90 Å². The van der Waals surface area contributed by atoms with Crippen LogP contribution in [-0.4, -0.2) is 24.1 Å². The molecule has 37 heavy (non-hydrogen) atoms. The first-order valence-electron chi connectivity index (χ1n) is 14.9. The molecule has 2 unspecified atom stereocenters. The molecule has 0 saturated carbocycles. The smallest absolute Gasteiger partial charge is 0.410 e. The quantitative estimate of drug-likeness (QED) is 0.144. The van der Waals surface area contributed by atoms with Crippen LogP contribution in [0.2, 0.25) is 0 Å². The summed E-state index contributed by atoms with van der Waals surface area (Å²) < 4.78 is 6.14. The third kappa shape index (κ3) is 8.48. The van der Waals surface area contributed by atoms with E-state index in [1.165, 1.54) is 62.1 Å². The molecule has 0 saturated heterocycles. The van der Waals surface area contributed by atoms with Crippen LogP contribution in [0.3, 0.4) is 0 Å². The van der Waals surface area contributed by atoms with E-state index in [1.54, 1.807) is 0 Å². The Hall–Kier alpha value is -2.55. The molecule has 3 aromatic rings. The number of ether oxygens (including phenoxy) is 1. The topological polar surface area (TPSA) is 29.5 Å². The van der Waals surface area contributed by atoms with Crippen LogP contribution in [0.25, 0.3) is 21.5 Å². The first-order chi connectivity index (χ1) is 18.1. The third-order valence-electron chi connectivity index (χ3n) is 8.02. The molecule has 3 rings (SSSR count). The van der Waals surface area contributed by atoms with Crippen LogP contribution in [0.5, 0.6) is 0 Å². The Bertz CT molecular complexity index is 1020. The summed E-state index contributed by atoms with van der Waals surface area (Å²) in [6.45, 7) is 10.9. The summed E-state index contributed by atoms with van der Waals surface area (Å²) in [5, 5.41) is 4.70. The highest BCUT2D eigenvalue weighted by Crippen LogP contribution is 2.29. The van der Waals surface area contributed by atoms with Gasteiger partial charge < -0.3 is 9.64 Å². The van der Waals surface area contributed by atoms with Crippen molar-refractivity contribution in [2.75, 3.05) is 13.1 Å². The van der Waals surface area contributed by atoms with Crippen molar-refractivity contribution in [2.45, 2.75) is 98.5 Å². The predicted molar refractivity (Wildman–Crippen MR) is 159 cm³/mol. The van der Waals surface area contributed by atoms with Gasteiger partial charge in [0.1, 0.15) is 6.61 Å². The molecule has 3 nitrogen and oxygen atoms in total. The number of benzene rings is 3. The first-order valence-corrected chi connectivity index (χ1v) is 14.9. The zero-order valence-corrected chi connectivity index (χ0v) is 23.8. The minimum atomic E-state index is -0.153. The predicted octanol–water partition coefficient (Wildman–Crippen LogP) is 10.1. The van der Waals surface area contributed by atoms with E-state index >= 15 is 0 Å². The molecule has 2 atom stereocenters. The summed E-state index contributed by atoms with van der Waals surface area (Å²) in [6, 6.07) is 19.1. The molecule has 3 heteroatoms. The maximum absolute atomic E-state index is 13.7. The SMILES string of the molecule is CCCCCC(CC)CN(CC(CC)CCCCC)C(=O)OCc1c2ccccc2cc2ccccc12. The van der Waals surface area contributed by atoms with Crippen molar-refractivity contribution >= 4 is 27.6 Å². The minimum Gasteiger partial charge on any atom is -0.444 e. The zero-order chi connectivity index (χ0) is 26.5. The van der Waals surface area contributed by atoms with E-state index < -0.39 is 0 Å². The highest BCUT2D eigenvalue weighted by Gasteiger charge is 2.23. The number of unbranched alkanes of at least 4 members (excludes halogenated alkanes) is 4. The van der Waals surface area contributed by atoms with Crippen LogP contribution >= 0.6 is 0 Å². The molecule has 0 aliphatic carbocycles. The second-order valence-electron chi connectivity index (χ2n) is 10.8. The zero-order valence-electron chi connectivity index (χ0n) is 23.8. The molecule has 1 amide bonds. The van der Waals surface area contributed by atoms with Crippen LogP contribution in [0, 0.1) is 11.8 Å². The number of carbonyl (C=O) groups is 1. The Balaban J connectivity index is 1.80. The molecule has 202 valence electrons. The van der Waals surface area contributed by atoms with Crippen molar-refractivity contribution in [1.82, 2.24) is 4.90 Å². The Morgan fingerprint density at radius 2 is 1.22 bits per heavy atom. The average molecular weight is 504 g/mol. The molecule has 3 aromatic carbocycles. The first kappa shape index (κ1) is 29.0. The number of hydrogen-bond acceptors (Lipinski definition) is 2. The van der Waals surface area contributed by atoms with Crippen LogP contribution in [0.1, 0.15) is 97.5 Å². The molecule has 0 spiro atoms. The van der Waals surface area contributed by atoms with Gasteiger partial charge in [-0.25, -0.2) is 4.79 Å². The lowest BCUT2D eigenvalue weighted by atomic mass is 9.95. The Kier molecular flexibility index (Phi) is 12.3. The second-order valence-corrected chi connectivity index (χ2v) is 10.8. The molecule has 0 aromatic heterocycles. The van der Waals surface area contributed by atoms with Crippen molar-refractivity contribution in [2.24, 2.45) is 11.8 Å². The van der Waals surface area contributed by atoms with E-state index in [0.717, 1.165) is 42.3 Å². The molecule has 0 aliphatic rings. The van der Waals surface area contributed by atoms with E-state index in [0.29, 0.717) is 18.4 Å². The summed E-state index contributed by atoms with van der Waals surface area (Å²) in [6.07, 6.45) is 11.9. The molecule has 0 bridgehead atoms. The third-order valence-corrected chi connectivity index (χ3v) is 8.02. The Morgan fingerprint density at radius 3 is 1.68 bits per heavy atom. The summed E-state index contributed by atoms with van der Waals surface area (Å²) in [5.41, 5.74) is 1.10. The largest absolute Gasteiger partial charge is 0.444 e. The van der Waals surface area contributed by atoms with Gasteiger partial charge in [0.2, 0.25) is 0 Å². The highest BCUT2D eigenvalue weighted by atomic mass is 16.6.